The first-order valence-corrected chi connectivity index (χ1v) is 11.1. The molecule has 0 bridgehead atoms. The fourth-order valence-corrected chi connectivity index (χ4v) is 4.26. The number of hydrogen-bond donors (Lipinski definition) is 0. The summed E-state index contributed by atoms with van der Waals surface area (Å²) in [7, 11) is 1.63. The highest BCUT2D eigenvalue weighted by Crippen LogP contribution is 2.33. The maximum atomic E-state index is 13.1. The zero-order valence-corrected chi connectivity index (χ0v) is 19.2. The number of rotatable bonds is 4. The Morgan fingerprint density at radius 3 is 2.53 bits per heavy atom. The van der Waals surface area contributed by atoms with Gasteiger partial charge in [-0.3, -0.25) is 9.69 Å². The molecule has 9 nitrogen and oxygen atoms in total. The van der Waals surface area contributed by atoms with Crippen molar-refractivity contribution in [2.24, 2.45) is 0 Å². The summed E-state index contributed by atoms with van der Waals surface area (Å²) in [4.78, 5) is 29.1. The molecule has 2 aromatic rings. The minimum atomic E-state index is -0.540. The monoisotopic (exact) mass is 441 g/mol. The van der Waals surface area contributed by atoms with Crippen molar-refractivity contribution in [1.29, 1.82) is 0 Å². The zero-order valence-electron chi connectivity index (χ0n) is 19.2. The largest absolute Gasteiger partial charge is 0.497 e. The van der Waals surface area contributed by atoms with Crippen molar-refractivity contribution in [3.8, 4) is 5.75 Å². The number of nitrogens with zero attached hydrogens (tertiary/aromatic N) is 5. The molecule has 1 fully saturated rings. The Balaban J connectivity index is 1.45. The van der Waals surface area contributed by atoms with E-state index in [0.717, 1.165) is 35.8 Å². The molecule has 1 aromatic carbocycles. The van der Waals surface area contributed by atoms with Gasteiger partial charge >= 0.3 is 6.09 Å². The number of methoxy groups -OCH3 is 1. The number of fused-ring (bicyclic) bond motifs is 1. The predicted octanol–water partition coefficient (Wildman–Crippen LogP) is 2.94. The molecule has 1 aromatic heterocycles. The van der Waals surface area contributed by atoms with Crippen LogP contribution in [-0.2, 0) is 29.0 Å². The van der Waals surface area contributed by atoms with E-state index in [1.54, 1.807) is 12.0 Å². The number of aromatic nitrogens is 3. The van der Waals surface area contributed by atoms with E-state index in [-0.39, 0.29) is 18.0 Å². The minimum absolute atomic E-state index is 0.0845. The van der Waals surface area contributed by atoms with Crippen LogP contribution in [0.2, 0.25) is 0 Å². The van der Waals surface area contributed by atoms with Crippen LogP contribution in [0.25, 0.3) is 0 Å². The Hall–Kier alpha value is -3.10. The molecule has 32 heavy (non-hydrogen) atoms. The van der Waals surface area contributed by atoms with E-state index in [0.29, 0.717) is 32.6 Å². The van der Waals surface area contributed by atoms with Crippen LogP contribution < -0.4 is 4.74 Å². The van der Waals surface area contributed by atoms with Gasteiger partial charge < -0.3 is 18.9 Å². The van der Waals surface area contributed by atoms with E-state index >= 15 is 0 Å². The van der Waals surface area contributed by atoms with E-state index in [1.165, 1.54) is 0 Å². The van der Waals surface area contributed by atoms with E-state index in [9.17, 15) is 9.59 Å². The van der Waals surface area contributed by atoms with E-state index in [4.69, 9.17) is 9.47 Å². The third kappa shape index (κ3) is 4.71. The van der Waals surface area contributed by atoms with Crippen LogP contribution in [0, 0.1) is 0 Å². The van der Waals surface area contributed by atoms with Gasteiger partial charge in [0.05, 0.1) is 26.1 Å². The van der Waals surface area contributed by atoms with Gasteiger partial charge in [-0.2, -0.15) is 0 Å². The smallest absolute Gasteiger partial charge is 0.410 e. The van der Waals surface area contributed by atoms with Crippen LogP contribution in [0.15, 0.2) is 24.3 Å². The molecule has 0 radical (unpaired) electrons. The molecule has 2 aliphatic heterocycles. The highest BCUT2D eigenvalue weighted by Gasteiger charge is 2.36. The lowest BCUT2D eigenvalue weighted by molar-refractivity contribution is -0.131. The van der Waals surface area contributed by atoms with Gasteiger partial charge in [0, 0.05) is 19.6 Å². The summed E-state index contributed by atoms with van der Waals surface area (Å²) < 4.78 is 12.7. The van der Waals surface area contributed by atoms with Crippen molar-refractivity contribution in [1.82, 2.24) is 24.6 Å². The molecule has 172 valence electrons. The van der Waals surface area contributed by atoms with Gasteiger partial charge in [0.1, 0.15) is 11.4 Å². The van der Waals surface area contributed by atoms with Crippen LogP contribution >= 0.6 is 0 Å². The molecule has 0 aliphatic carbocycles. The van der Waals surface area contributed by atoms with E-state index < -0.39 is 5.60 Å². The van der Waals surface area contributed by atoms with Crippen LogP contribution in [0.5, 0.6) is 5.75 Å². The molecule has 0 spiro atoms. The average Bonchev–Trinajstić information content (AvgIpc) is 3.39. The fourth-order valence-electron chi connectivity index (χ4n) is 4.26. The Labute approximate surface area is 188 Å². The lowest BCUT2D eigenvalue weighted by Gasteiger charge is -2.31. The lowest BCUT2D eigenvalue weighted by atomic mass is 10.1. The van der Waals surface area contributed by atoms with Gasteiger partial charge in [-0.05, 0) is 51.3 Å². The normalized spacial score (nSPS) is 18.4. The second kappa shape index (κ2) is 8.80. The van der Waals surface area contributed by atoms with Gasteiger partial charge in [-0.1, -0.05) is 12.1 Å². The van der Waals surface area contributed by atoms with Crippen molar-refractivity contribution < 1.29 is 19.1 Å². The molecule has 0 N–H and O–H groups in total. The van der Waals surface area contributed by atoms with Gasteiger partial charge in [-0.25, -0.2) is 4.79 Å². The van der Waals surface area contributed by atoms with Crippen molar-refractivity contribution in [3.63, 3.8) is 0 Å². The van der Waals surface area contributed by atoms with E-state index in [2.05, 4.69) is 14.8 Å². The van der Waals surface area contributed by atoms with Crippen LogP contribution in [-0.4, -0.2) is 62.4 Å². The first kappa shape index (κ1) is 22.1. The van der Waals surface area contributed by atoms with Crippen molar-refractivity contribution in [3.05, 3.63) is 41.5 Å². The summed E-state index contributed by atoms with van der Waals surface area (Å²) >= 11 is 0. The van der Waals surface area contributed by atoms with Gasteiger partial charge in [-0.15, -0.1) is 10.2 Å². The summed E-state index contributed by atoms with van der Waals surface area (Å²) in [5.74, 6) is 2.40. The molecule has 4 rings (SSSR count). The van der Waals surface area contributed by atoms with Crippen LogP contribution in [0.1, 0.15) is 56.9 Å². The molecule has 1 atom stereocenters. The predicted molar refractivity (Wildman–Crippen MR) is 117 cm³/mol. The average molecular weight is 442 g/mol. The van der Waals surface area contributed by atoms with E-state index in [1.807, 2.05) is 49.9 Å². The summed E-state index contributed by atoms with van der Waals surface area (Å²) in [6.45, 7) is 7.75. The number of ether oxygens (including phenoxy) is 2. The SMILES string of the molecule is COc1ccc(CC(=O)N2CCC[C@@H]2c2nnc3n2CCN(C(=O)OC(C)(C)C)C3)cc1. The standard InChI is InChI=1S/C23H31N5O4/c1-23(2,3)32-22(30)26-12-13-28-19(15-26)24-25-21(28)18-6-5-11-27(18)20(29)14-16-7-9-17(31-4)10-8-16/h7-10,18H,5-6,11-15H2,1-4H3/t18-/m1/s1. The molecule has 2 aliphatic rings. The molecular formula is C23H31N5O4. The highest BCUT2D eigenvalue weighted by molar-refractivity contribution is 5.79. The molecule has 0 saturated carbocycles. The zero-order chi connectivity index (χ0) is 22.9. The molecular weight excluding hydrogens is 410 g/mol. The maximum absolute atomic E-state index is 13.1. The Kier molecular flexibility index (Phi) is 6.08. The van der Waals surface area contributed by atoms with Crippen LogP contribution in [0.4, 0.5) is 4.79 Å². The van der Waals surface area contributed by atoms with Crippen molar-refractivity contribution >= 4 is 12.0 Å². The number of amides is 2. The first-order valence-electron chi connectivity index (χ1n) is 11.1. The number of likely N-dealkylation sites (tertiary alicyclic amines) is 1. The minimum Gasteiger partial charge on any atom is -0.497 e. The number of carbonyl (C=O) groups is 2. The Morgan fingerprint density at radius 2 is 1.84 bits per heavy atom. The van der Waals surface area contributed by atoms with Gasteiger partial charge in [0.2, 0.25) is 5.91 Å². The number of hydrogen-bond acceptors (Lipinski definition) is 6. The number of carbonyl (C=O) groups excluding carboxylic acids is 2. The third-order valence-corrected chi connectivity index (χ3v) is 5.82. The molecule has 2 amide bonds. The van der Waals surface area contributed by atoms with Gasteiger partial charge in [0.25, 0.3) is 0 Å². The van der Waals surface area contributed by atoms with Crippen molar-refractivity contribution in [2.75, 3.05) is 20.2 Å². The number of benzene rings is 1. The quantitative estimate of drug-likeness (QED) is 0.725. The summed E-state index contributed by atoms with van der Waals surface area (Å²) in [5.41, 5.74) is 0.417. The summed E-state index contributed by atoms with van der Waals surface area (Å²) in [6, 6.07) is 7.50. The fraction of sp³-hybridized carbons (Fsp3) is 0.565. The molecule has 3 heterocycles. The third-order valence-electron chi connectivity index (χ3n) is 5.82. The molecule has 9 heteroatoms. The Bertz CT molecular complexity index is 979. The summed E-state index contributed by atoms with van der Waals surface area (Å²) in [6.07, 6.45) is 1.80. The maximum Gasteiger partial charge on any atom is 0.410 e. The first-order chi connectivity index (χ1) is 15.2. The lowest BCUT2D eigenvalue weighted by Crippen LogP contribution is -2.42. The molecule has 0 unspecified atom stereocenters. The highest BCUT2D eigenvalue weighted by atomic mass is 16.6. The van der Waals surface area contributed by atoms with Gasteiger partial charge in [0.15, 0.2) is 11.6 Å². The second-order valence-corrected chi connectivity index (χ2v) is 9.30. The van der Waals surface area contributed by atoms with Crippen molar-refractivity contribution in [2.45, 2.75) is 64.8 Å². The topological polar surface area (TPSA) is 89.8 Å². The summed E-state index contributed by atoms with van der Waals surface area (Å²) in [5, 5.41) is 8.77. The Morgan fingerprint density at radius 1 is 1.09 bits per heavy atom. The van der Waals surface area contributed by atoms with Crippen LogP contribution in [0.3, 0.4) is 0 Å². The molecule has 1 saturated heterocycles. The second-order valence-electron chi connectivity index (χ2n) is 9.30.